The Balaban J connectivity index is 1.72. The Morgan fingerprint density at radius 1 is 1.43 bits per heavy atom. The Morgan fingerprint density at radius 2 is 2.14 bits per heavy atom. The molecule has 1 saturated heterocycles. The van der Waals surface area contributed by atoms with Crippen LogP contribution in [0.2, 0.25) is 0 Å². The van der Waals surface area contributed by atoms with Gasteiger partial charge in [-0.25, -0.2) is 0 Å². The zero-order chi connectivity index (χ0) is 9.97. The normalized spacial score (nSPS) is 33.6. The molecule has 0 amide bonds. The van der Waals surface area contributed by atoms with Gasteiger partial charge in [0, 0.05) is 6.42 Å². The smallest absolute Gasteiger partial charge is 0.323 e. The van der Waals surface area contributed by atoms with Gasteiger partial charge < -0.3 is 10.1 Å². The molecule has 0 spiro atoms. The highest BCUT2D eigenvalue weighted by Crippen LogP contribution is 2.24. The minimum absolute atomic E-state index is 0.0365. The number of nitrogens with one attached hydrogen (secondary N) is 1. The lowest BCUT2D eigenvalue weighted by atomic mass is 10.1. The number of rotatable bonds is 3. The SMILES string of the molecule is CC1CC(NCC2CCCC2)C(=O)O1. The van der Waals surface area contributed by atoms with Gasteiger partial charge in [-0.05, 0) is 32.2 Å². The Morgan fingerprint density at radius 3 is 2.71 bits per heavy atom. The molecule has 0 aromatic heterocycles. The number of carbonyl (C=O) groups excluding carboxylic acids is 1. The van der Waals surface area contributed by atoms with Crippen molar-refractivity contribution in [2.24, 2.45) is 5.92 Å². The minimum atomic E-state index is -0.0597. The fraction of sp³-hybridized carbons (Fsp3) is 0.909. The van der Waals surface area contributed by atoms with Gasteiger partial charge in [0.25, 0.3) is 0 Å². The van der Waals surface area contributed by atoms with Crippen LogP contribution in [0.15, 0.2) is 0 Å². The topological polar surface area (TPSA) is 38.3 Å². The van der Waals surface area contributed by atoms with Crippen LogP contribution < -0.4 is 5.32 Å². The molecule has 2 aliphatic rings. The molecule has 0 aromatic carbocycles. The molecule has 2 unspecified atom stereocenters. The van der Waals surface area contributed by atoms with Gasteiger partial charge in [-0.3, -0.25) is 4.79 Å². The maximum absolute atomic E-state index is 11.3. The van der Waals surface area contributed by atoms with Crippen LogP contribution in [0.25, 0.3) is 0 Å². The molecule has 14 heavy (non-hydrogen) atoms. The van der Waals surface area contributed by atoms with Crippen molar-refractivity contribution in [2.45, 2.75) is 51.2 Å². The van der Waals surface area contributed by atoms with E-state index < -0.39 is 0 Å². The van der Waals surface area contributed by atoms with Crippen molar-refractivity contribution in [2.75, 3.05) is 6.54 Å². The Kier molecular flexibility index (Phi) is 3.06. The summed E-state index contributed by atoms with van der Waals surface area (Å²) in [4.78, 5) is 11.3. The highest BCUT2D eigenvalue weighted by molar-refractivity contribution is 5.77. The van der Waals surface area contributed by atoms with Crippen molar-refractivity contribution in [1.82, 2.24) is 5.32 Å². The number of cyclic esters (lactones) is 1. The average molecular weight is 197 g/mol. The van der Waals surface area contributed by atoms with Gasteiger partial charge in [-0.2, -0.15) is 0 Å². The molecule has 1 saturated carbocycles. The number of ether oxygens (including phenoxy) is 1. The maximum Gasteiger partial charge on any atom is 0.323 e. The lowest BCUT2D eigenvalue weighted by molar-refractivity contribution is -0.142. The van der Waals surface area contributed by atoms with Crippen molar-refractivity contribution >= 4 is 5.97 Å². The first-order valence-electron chi connectivity index (χ1n) is 5.69. The first-order valence-corrected chi connectivity index (χ1v) is 5.69. The molecule has 2 atom stereocenters. The third kappa shape index (κ3) is 2.27. The van der Waals surface area contributed by atoms with E-state index in [0.717, 1.165) is 18.9 Å². The summed E-state index contributed by atoms with van der Waals surface area (Å²) in [6.07, 6.45) is 6.30. The molecular weight excluding hydrogens is 178 g/mol. The van der Waals surface area contributed by atoms with Crippen LogP contribution in [0, 0.1) is 5.92 Å². The summed E-state index contributed by atoms with van der Waals surface area (Å²) >= 11 is 0. The van der Waals surface area contributed by atoms with Gasteiger partial charge >= 0.3 is 5.97 Å². The van der Waals surface area contributed by atoms with E-state index in [1.165, 1.54) is 25.7 Å². The van der Waals surface area contributed by atoms with E-state index in [2.05, 4.69) is 5.32 Å². The zero-order valence-electron chi connectivity index (χ0n) is 8.79. The monoisotopic (exact) mass is 197 g/mol. The second-order valence-corrected chi connectivity index (χ2v) is 4.59. The first-order chi connectivity index (χ1) is 6.75. The highest BCUT2D eigenvalue weighted by Gasteiger charge is 2.31. The van der Waals surface area contributed by atoms with Crippen LogP contribution >= 0.6 is 0 Å². The molecule has 3 heteroatoms. The predicted molar refractivity (Wildman–Crippen MR) is 53.9 cm³/mol. The molecule has 0 radical (unpaired) electrons. The number of carbonyl (C=O) groups is 1. The summed E-state index contributed by atoms with van der Waals surface area (Å²) in [5, 5.41) is 3.33. The molecule has 1 aliphatic heterocycles. The number of hydrogen-bond acceptors (Lipinski definition) is 3. The molecular formula is C11H19NO2. The van der Waals surface area contributed by atoms with Crippen LogP contribution in [0.4, 0.5) is 0 Å². The first kappa shape index (κ1) is 9.97. The highest BCUT2D eigenvalue weighted by atomic mass is 16.6. The molecule has 2 rings (SSSR count). The van der Waals surface area contributed by atoms with Crippen molar-refractivity contribution in [3.63, 3.8) is 0 Å². The van der Waals surface area contributed by atoms with Gasteiger partial charge in [0.15, 0.2) is 0 Å². The summed E-state index contributed by atoms with van der Waals surface area (Å²) in [6.45, 7) is 2.95. The van der Waals surface area contributed by atoms with E-state index in [-0.39, 0.29) is 18.1 Å². The Bertz CT molecular complexity index is 211. The van der Waals surface area contributed by atoms with Crippen molar-refractivity contribution in [1.29, 1.82) is 0 Å². The Labute approximate surface area is 85.2 Å². The third-order valence-electron chi connectivity index (χ3n) is 3.30. The summed E-state index contributed by atoms with van der Waals surface area (Å²) < 4.78 is 5.09. The number of hydrogen-bond donors (Lipinski definition) is 1. The molecule has 0 bridgehead atoms. The Hall–Kier alpha value is -0.570. The molecule has 1 N–H and O–H groups in total. The van der Waals surface area contributed by atoms with Crippen LogP contribution in [0.1, 0.15) is 39.0 Å². The second-order valence-electron chi connectivity index (χ2n) is 4.59. The van der Waals surface area contributed by atoms with E-state index in [4.69, 9.17) is 4.74 Å². The number of esters is 1. The van der Waals surface area contributed by atoms with Crippen LogP contribution in [-0.2, 0) is 9.53 Å². The predicted octanol–water partition coefficient (Wildman–Crippen LogP) is 1.47. The molecule has 80 valence electrons. The van der Waals surface area contributed by atoms with Gasteiger partial charge in [-0.1, -0.05) is 12.8 Å². The fourth-order valence-electron chi connectivity index (χ4n) is 2.45. The van der Waals surface area contributed by atoms with E-state index in [1.54, 1.807) is 0 Å². The second kappa shape index (κ2) is 4.30. The summed E-state index contributed by atoms with van der Waals surface area (Å²) in [5.74, 6) is 0.731. The summed E-state index contributed by atoms with van der Waals surface area (Å²) in [7, 11) is 0. The van der Waals surface area contributed by atoms with E-state index in [1.807, 2.05) is 6.92 Å². The van der Waals surface area contributed by atoms with Crippen molar-refractivity contribution in [3.8, 4) is 0 Å². The van der Waals surface area contributed by atoms with Crippen LogP contribution in [0.5, 0.6) is 0 Å². The quantitative estimate of drug-likeness (QED) is 0.696. The largest absolute Gasteiger partial charge is 0.461 e. The summed E-state index contributed by atoms with van der Waals surface area (Å²) in [5.41, 5.74) is 0. The van der Waals surface area contributed by atoms with Gasteiger partial charge in [0.1, 0.15) is 12.1 Å². The zero-order valence-corrected chi connectivity index (χ0v) is 8.79. The molecule has 1 aliphatic carbocycles. The fourth-order valence-corrected chi connectivity index (χ4v) is 2.45. The van der Waals surface area contributed by atoms with E-state index in [0.29, 0.717) is 0 Å². The standard InChI is InChI=1S/C11H19NO2/c1-8-6-10(11(13)14-8)12-7-9-4-2-3-5-9/h8-10,12H,2-7H2,1H3. The summed E-state index contributed by atoms with van der Waals surface area (Å²) in [6, 6.07) is -0.0365. The lowest BCUT2D eigenvalue weighted by Crippen LogP contribution is -2.36. The van der Waals surface area contributed by atoms with Crippen molar-refractivity contribution < 1.29 is 9.53 Å². The van der Waals surface area contributed by atoms with Crippen LogP contribution in [-0.4, -0.2) is 24.7 Å². The molecule has 3 nitrogen and oxygen atoms in total. The molecule has 1 heterocycles. The minimum Gasteiger partial charge on any atom is -0.461 e. The van der Waals surface area contributed by atoms with Gasteiger partial charge in [-0.15, -0.1) is 0 Å². The van der Waals surface area contributed by atoms with E-state index >= 15 is 0 Å². The van der Waals surface area contributed by atoms with Gasteiger partial charge in [0.05, 0.1) is 0 Å². The van der Waals surface area contributed by atoms with Crippen molar-refractivity contribution in [3.05, 3.63) is 0 Å². The molecule has 2 fully saturated rings. The average Bonchev–Trinajstić information content (AvgIpc) is 2.72. The lowest BCUT2D eigenvalue weighted by Gasteiger charge is -2.12. The van der Waals surface area contributed by atoms with E-state index in [9.17, 15) is 4.79 Å². The maximum atomic E-state index is 11.3. The van der Waals surface area contributed by atoms with Crippen LogP contribution in [0.3, 0.4) is 0 Å². The third-order valence-corrected chi connectivity index (χ3v) is 3.30. The van der Waals surface area contributed by atoms with Gasteiger partial charge in [0.2, 0.25) is 0 Å². The molecule has 0 aromatic rings.